The Hall–Kier alpha value is -1.79. The predicted molar refractivity (Wildman–Crippen MR) is 98.5 cm³/mol. The minimum atomic E-state index is -0.311. The van der Waals surface area contributed by atoms with Crippen molar-refractivity contribution < 1.29 is 9.18 Å². The van der Waals surface area contributed by atoms with Crippen molar-refractivity contribution in [3.05, 3.63) is 64.1 Å². The van der Waals surface area contributed by atoms with Crippen molar-refractivity contribution in [2.24, 2.45) is 0 Å². The lowest BCUT2D eigenvalue weighted by atomic mass is 10.1. The maximum atomic E-state index is 13.3. The second-order valence-corrected chi connectivity index (χ2v) is 7.31. The SMILES string of the molecule is CC1CN(Cc2cccnc2)CCN1C(=O)Cc1ccc(F)c(Br)c1. The summed E-state index contributed by atoms with van der Waals surface area (Å²) in [5.41, 5.74) is 2.01. The van der Waals surface area contributed by atoms with E-state index in [2.05, 4.69) is 38.8 Å². The first-order valence-electron chi connectivity index (χ1n) is 8.37. The number of halogens is 2. The van der Waals surface area contributed by atoms with Gasteiger partial charge in [0, 0.05) is 44.6 Å². The molecular weight excluding hydrogens is 385 g/mol. The van der Waals surface area contributed by atoms with Gasteiger partial charge in [0.25, 0.3) is 0 Å². The Morgan fingerprint density at radius 2 is 2.16 bits per heavy atom. The number of benzene rings is 1. The lowest BCUT2D eigenvalue weighted by Gasteiger charge is -2.40. The number of carbonyl (C=O) groups excluding carboxylic acids is 1. The Kier molecular flexibility index (Phi) is 5.81. The quantitative estimate of drug-likeness (QED) is 0.782. The van der Waals surface area contributed by atoms with Crippen LogP contribution in [0.15, 0.2) is 47.2 Å². The average molecular weight is 406 g/mol. The summed E-state index contributed by atoms with van der Waals surface area (Å²) in [5.74, 6) is -0.222. The molecule has 25 heavy (non-hydrogen) atoms. The largest absolute Gasteiger partial charge is 0.337 e. The van der Waals surface area contributed by atoms with E-state index >= 15 is 0 Å². The topological polar surface area (TPSA) is 36.4 Å². The molecule has 1 amide bonds. The lowest BCUT2D eigenvalue weighted by Crippen LogP contribution is -2.54. The highest BCUT2D eigenvalue weighted by Crippen LogP contribution is 2.19. The standard InChI is InChI=1S/C19H21BrFN3O/c1-14-12-23(13-16-3-2-6-22-11-16)7-8-24(14)19(25)10-15-4-5-18(21)17(20)9-15/h2-6,9,11,14H,7-8,10,12-13H2,1H3. The number of nitrogens with zero attached hydrogens (tertiary/aromatic N) is 3. The zero-order valence-corrected chi connectivity index (χ0v) is 15.7. The molecule has 1 unspecified atom stereocenters. The first-order valence-corrected chi connectivity index (χ1v) is 9.17. The van der Waals surface area contributed by atoms with Crippen LogP contribution < -0.4 is 0 Å². The molecule has 132 valence electrons. The Labute approximate surface area is 155 Å². The zero-order valence-electron chi connectivity index (χ0n) is 14.2. The molecule has 0 N–H and O–H groups in total. The van der Waals surface area contributed by atoms with Crippen molar-refractivity contribution in [2.75, 3.05) is 19.6 Å². The first kappa shape index (κ1) is 18.0. The van der Waals surface area contributed by atoms with E-state index in [1.165, 1.54) is 11.6 Å². The number of rotatable bonds is 4. The molecule has 0 bridgehead atoms. The van der Waals surface area contributed by atoms with E-state index in [0.717, 1.165) is 25.2 Å². The summed E-state index contributed by atoms with van der Waals surface area (Å²) >= 11 is 3.17. The van der Waals surface area contributed by atoms with E-state index in [1.807, 2.05) is 17.2 Å². The number of hydrogen-bond donors (Lipinski definition) is 0. The Balaban J connectivity index is 1.57. The van der Waals surface area contributed by atoms with Gasteiger partial charge in [0.05, 0.1) is 10.9 Å². The van der Waals surface area contributed by atoms with Crippen molar-refractivity contribution in [1.29, 1.82) is 0 Å². The molecule has 1 aromatic carbocycles. The van der Waals surface area contributed by atoms with Gasteiger partial charge in [-0.05, 0) is 52.2 Å². The second-order valence-electron chi connectivity index (χ2n) is 6.46. The molecule has 2 aromatic rings. The van der Waals surface area contributed by atoms with Crippen LogP contribution in [0.2, 0.25) is 0 Å². The van der Waals surface area contributed by atoms with Gasteiger partial charge in [-0.3, -0.25) is 14.7 Å². The zero-order chi connectivity index (χ0) is 17.8. The number of hydrogen-bond acceptors (Lipinski definition) is 3. The minimum absolute atomic E-state index is 0.0898. The maximum absolute atomic E-state index is 13.3. The van der Waals surface area contributed by atoms with Gasteiger partial charge in [-0.2, -0.15) is 0 Å². The molecule has 1 aliphatic rings. The molecule has 1 aliphatic heterocycles. The van der Waals surface area contributed by atoms with Crippen LogP contribution in [0.5, 0.6) is 0 Å². The van der Waals surface area contributed by atoms with Gasteiger partial charge in [-0.25, -0.2) is 4.39 Å². The number of amides is 1. The van der Waals surface area contributed by atoms with Gasteiger partial charge in [0.15, 0.2) is 0 Å². The predicted octanol–water partition coefficient (Wildman–Crippen LogP) is 3.26. The van der Waals surface area contributed by atoms with E-state index in [-0.39, 0.29) is 17.8 Å². The smallest absolute Gasteiger partial charge is 0.227 e. The van der Waals surface area contributed by atoms with Crippen LogP contribution in [0.25, 0.3) is 0 Å². The molecule has 4 nitrogen and oxygen atoms in total. The van der Waals surface area contributed by atoms with Crippen LogP contribution in [0.1, 0.15) is 18.1 Å². The minimum Gasteiger partial charge on any atom is -0.337 e. The van der Waals surface area contributed by atoms with Crippen molar-refractivity contribution in [1.82, 2.24) is 14.8 Å². The van der Waals surface area contributed by atoms with Gasteiger partial charge in [0.1, 0.15) is 5.82 Å². The molecule has 3 rings (SSSR count). The summed E-state index contributed by atoms with van der Waals surface area (Å²) in [6.45, 7) is 5.33. The summed E-state index contributed by atoms with van der Waals surface area (Å²) in [7, 11) is 0. The van der Waals surface area contributed by atoms with Crippen molar-refractivity contribution in [2.45, 2.75) is 25.9 Å². The highest BCUT2D eigenvalue weighted by molar-refractivity contribution is 9.10. The highest BCUT2D eigenvalue weighted by Gasteiger charge is 2.27. The van der Waals surface area contributed by atoms with E-state index in [0.29, 0.717) is 17.4 Å². The van der Waals surface area contributed by atoms with Crippen LogP contribution in [0.4, 0.5) is 4.39 Å². The molecule has 0 saturated carbocycles. The fraction of sp³-hybridized carbons (Fsp3) is 0.368. The maximum Gasteiger partial charge on any atom is 0.227 e. The number of aromatic nitrogens is 1. The summed E-state index contributed by atoms with van der Waals surface area (Å²) in [5, 5.41) is 0. The van der Waals surface area contributed by atoms with Crippen LogP contribution in [-0.4, -0.2) is 46.4 Å². The second kappa shape index (κ2) is 8.06. The Morgan fingerprint density at radius 1 is 1.32 bits per heavy atom. The molecule has 0 radical (unpaired) electrons. The van der Waals surface area contributed by atoms with Crippen LogP contribution in [0, 0.1) is 5.82 Å². The molecule has 1 atom stereocenters. The molecular formula is C19H21BrFN3O. The van der Waals surface area contributed by atoms with Crippen molar-refractivity contribution >= 4 is 21.8 Å². The molecule has 1 saturated heterocycles. The molecule has 2 heterocycles. The summed E-state index contributed by atoms with van der Waals surface area (Å²) in [6, 6.07) is 8.91. The molecule has 1 fully saturated rings. The lowest BCUT2D eigenvalue weighted by molar-refractivity contribution is -0.135. The normalized spacial score (nSPS) is 18.4. The summed E-state index contributed by atoms with van der Waals surface area (Å²) in [4.78, 5) is 21.1. The molecule has 1 aromatic heterocycles. The average Bonchev–Trinajstić information content (AvgIpc) is 2.59. The fourth-order valence-electron chi connectivity index (χ4n) is 3.22. The molecule has 6 heteroatoms. The van der Waals surface area contributed by atoms with Crippen LogP contribution in [-0.2, 0) is 17.8 Å². The Morgan fingerprint density at radius 3 is 2.84 bits per heavy atom. The third kappa shape index (κ3) is 4.64. The van der Waals surface area contributed by atoms with Gasteiger partial charge < -0.3 is 4.90 Å². The molecule has 0 spiro atoms. The van der Waals surface area contributed by atoms with E-state index in [9.17, 15) is 9.18 Å². The Bertz CT molecular complexity index is 741. The van der Waals surface area contributed by atoms with Crippen molar-refractivity contribution in [3.63, 3.8) is 0 Å². The van der Waals surface area contributed by atoms with Gasteiger partial charge in [-0.1, -0.05) is 12.1 Å². The summed E-state index contributed by atoms with van der Waals surface area (Å²) < 4.78 is 13.7. The number of pyridine rings is 1. The van der Waals surface area contributed by atoms with Gasteiger partial charge in [0.2, 0.25) is 5.91 Å². The van der Waals surface area contributed by atoms with E-state index in [4.69, 9.17) is 0 Å². The third-order valence-corrected chi connectivity index (χ3v) is 5.11. The van der Waals surface area contributed by atoms with E-state index in [1.54, 1.807) is 18.3 Å². The number of piperazine rings is 1. The molecule has 0 aliphatic carbocycles. The fourth-order valence-corrected chi connectivity index (χ4v) is 3.65. The van der Waals surface area contributed by atoms with Crippen LogP contribution >= 0.6 is 15.9 Å². The van der Waals surface area contributed by atoms with Gasteiger partial charge in [-0.15, -0.1) is 0 Å². The number of carbonyl (C=O) groups is 1. The van der Waals surface area contributed by atoms with Crippen molar-refractivity contribution in [3.8, 4) is 0 Å². The first-order chi connectivity index (χ1) is 12.0. The summed E-state index contributed by atoms with van der Waals surface area (Å²) in [6.07, 6.45) is 3.96. The van der Waals surface area contributed by atoms with Gasteiger partial charge >= 0.3 is 0 Å². The monoisotopic (exact) mass is 405 g/mol. The van der Waals surface area contributed by atoms with E-state index < -0.39 is 0 Å². The van der Waals surface area contributed by atoms with Crippen LogP contribution in [0.3, 0.4) is 0 Å². The highest BCUT2D eigenvalue weighted by atomic mass is 79.9. The third-order valence-electron chi connectivity index (χ3n) is 4.50.